The summed E-state index contributed by atoms with van der Waals surface area (Å²) in [7, 11) is -3.58. The summed E-state index contributed by atoms with van der Waals surface area (Å²) in [6.07, 6.45) is 1.30. The minimum Gasteiger partial charge on any atom is -0.322 e. The van der Waals surface area contributed by atoms with E-state index in [1.165, 1.54) is 11.0 Å². The Hall–Kier alpha value is -2.77. The Balaban J connectivity index is 1.80. The molecule has 1 atom stereocenters. The summed E-state index contributed by atoms with van der Waals surface area (Å²) in [6, 6.07) is 1.67. The molecular formula is C18H17FN2O6S. The number of fused-ring (bicyclic) bond motifs is 1. The van der Waals surface area contributed by atoms with Gasteiger partial charge in [0.05, 0.1) is 18.4 Å². The van der Waals surface area contributed by atoms with E-state index in [-0.39, 0.29) is 49.4 Å². The van der Waals surface area contributed by atoms with Gasteiger partial charge in [0.25, 0.3) is 16.0 Å². The summed E-state index contributed by atoms with van der Waals surface area (Å²) in [5.41, 5.74) is 0.647. The third kappa shape index (κ3) is 4.21. The second-order valence-corrected chi connectivity index (χ2v) is 8.07. The summed E-state index contributed by atoms with van der Waals surface area (Å²) >= 11 is 0. The van der Waals surface area contributed by atoms with Crippen LogP contribution in [0.25, 0.3) is 0 Å². The Kier molecular flexibility index (Phi) is 5.49. The predicted molar refractivity (Wildman–Crippen MR) is 94.7 cm³/mol. The van der Waals surface area contributed by atoms with E-state index >= 15 is 0 Å². The maximum atomic E-state index is 14.3. The highest BCUT2D eigenvalue weighted by Crippen LogP contribution is 2.30. The number of carbonyl (C=O) groups is 3. The average Bonchev–Trinajstić information content (AvgIpc) is 2.92. The lowest BCUT2D eigenvalue weighted by Gasteiger charge is -2.29. The molecule has 0 radical (unpaired) electrons. The normalized spacial score (nSPS) is 19.1. The SMILES string of the molecule is CS(=O)(=O)OCCC#Cc1c(F)ccc2c1CN(C1CCC(=O)NC1=O)C2=O. The molecule has 10 heteroatoms. The van der Waals surface area contributed by atoms with Crippen LogP contribution in [0.15, 0.2) is 12.1 Å². The first-order chi connectivity index (χ1) is 13.2. The number of imide groups is 1. The Bertz CT molecular complexity index is 1020. The van der Waals surface area contributed by atoms with Crippen LogP contribution in [-0.4, -0.2) is 49.9 Å². The van der Waals surface area contributed by atoms with E-state index in [1.54, 1.807) is 0 Å². The van der Waals surface area contributed by atoms with Crippen LogP contribution < -0.4 is 5.32 Å². The van der Waals surface area contributed by atoms with E-state index < -0.39 is 33.8 Å². The maximum Gasteiger partial charge on any atom is 0.264 e. The van der Waals surface area contributed by atoms with Gasteiger partial charge in [0.2, 0.25) is 11.8 Å². The molecule has 1 fully saturated rings. The van der Waals surface area contributed by atoms with Crippen LogP contribution in [-0.2, 0) is 30.4 Å². The van der Waals surface area contributed by atoms with Crippen molar-refractivity contribution < 1.29 is 31.4 Å². The molecule has 0 bridgehead atoms. The molecule has 1 saturated heterocycles. The predicted octanol–water partition coefficient (Wildman–Crippen LogP) is 0.305. The summed E-state index contributed by atoms with van der Waals surface area (Å²) in [6.45, 7) is -0.161. The molecule has 1 unspecified atom stereocenters. The van der Waals surface area contributed by atoms with Gasteiger partial charge in [-0.05, 0) is 18.6 Å². The highest BCUT2D eigenvalue weighted by atomic mass is 32.2. The van der Waals surface area contributed by atoms with Crippen LogP contribution in [0.1, 0.15) is 40.7 Å². The molecule has 0 saturated carbocycles. The van der Waals surface area contributed by atoms with E-state index in [2.05, 4.69) is 21.3 Å². The lowest BCUT2D eigenvalue weighted by molar-refractivity contribution is -0.136. The van der Waals surface area contributed by atoms with Crippen molar-refractivity contribution in [1.29, 1.82) is 0 Å². The van der Waals surface area contributed by atoms with Gasteiger partial charge < -0.3 is 4.90 Å². The molecule has 8 nitrogen and oxygen atoms in total. The van der Waals surface area contributed by atoms with Crippen molar-refractivity contribution in [1.82, 2.24) is 10.2 Å². The van der Waals surface area contributed by atoms with Crippen molar-refractivity contribution in [2.24, 2.45) is 0 Å². The summed E-state index contributed by atoms with van der Waals surface area (Å²) in [4.78, 5) is 37.4. The Labute approximate surface area is 161 Å². The standard InChI is InChI=1S/C18H17FN2O6S/c1-28(25,26)27-9-3-2-4-11-13-10-21(15-7-8-16(22)20-17(15)23)18(24)12(13)5-6-14(11)19/h5-6,15H,3,7-10H2,1H3,(H,20,22,23). The van der Waals surface area contributed by atoms with Crippen LogP contribution in [0.3, 0.4) is 0 Å². The van der Waals surface area contributed by atoms with Gasteiger partial charge >= 0.3 is 0 Å². The number of hydrogen-bond donors (Lipinski definition) is 1. The second-order valence-electron chi connectivity index (χ2n) is 6.43. The van der Waals surface area contributed by atoms with Gasteiger partial charge in [-0.15, -0.1) is 0 Å². The topological polar surface area (TPSA) is 110 Å². The highest BCUT2D eigenvalue weighted by Gasteiger charge is 2.40. The third-order valence-electron chi connectivity index (χ3n) is 4.41. The minimum absolute atomic E-state index is 0.00204. The van der Waals surface area contributed by atoms with Crippen molar-refractivity contribution in [3.63, 3.8) is 0 Å². The largest absolute Gasteiger partial charge is 0.322 e. The number of amides is 3. The molecule has 28 heavy (non-hydrogen) atoms. The number of nitrogens with zero attached hydrogens (tertiary/aromatic N) is 1. The monoisotopic (exact) mass is 408 g/mol. The molecule has 2 aliphatic heterocycles. The van der Waals surface area contributed by atoms with Crippen molar-refractivity contribution >= 4 is 27.8 Å². The van der Waals surface area contributed by atoms with Crippen LogP contribution in [0.5, 0.6) is 0 Å². The van der Waals surface area contributed by atoms with E-state index in [1.807, 2.05) is 0 Å². The fraction of sp³-hybridized carbons (Fsp3) is 0.389. The summed E-state index contributed by atoms with van der Waals surface area (Å²) < 4.78 is 40.7. The van der Waals surface area contributed by atoms with Gasteiger partial charge in [-0.2, -0.15) is 8.42 Å². The van der Waals surface area contributed by atoms with Gasteiger partial charge in [-0.1, -0.05) is 11.8 Å². The molecule has 1 aromatic rings. The highest BCUT2D eigenvalue weighted by molar-refractivity contribution is 7.85. The number of rotatable bonds is 4. The Morgan fingerprint density at radius 3 is 2.75 bits per heavy atom. The fourth-order valence-corrected chi connectivity index (χ4v) is 3.53. The molecule has 0 aliphatic carbocycles. The van der Waals surface area contributed by atoms with E-state index in [0.29, 0.717) is 5.56 Å². The zero-order chi connectivity index (χ0) is 20.5. The number of carbonyl (C=O) groups excluding carboxylic acids is 3. The van der Waals surface area contributed by atoms with Crippen molar-refractivity contribution in [3.8, 4) is 11.8 Å². The fourth-order valence-electron chi connectivity index (χ4n) is 3.14. The smallest absolute Gasteiger partial charge is 0.264 e. The number of benzene rings is 1. The third-order valence-corrected chi connectivity index (χ3v) is 5.00. The van der Waals surface area contributed by atoms with Crippen LogP contribution in [0.2, 0.25) is 0 Å². The first-order valence-corrected chi connectivity index (χ1v) is 10.3. The van der Waals surface area contributed by atoms with Crippen LogP contribution in [0, 0.1) is 17.7 Å². The molecule has 1 N–H and O–H groups in total. The average molecular weight is 408 g/mol. The number of piperidine rings is 1. The Morgan fingerprint density at radius 2 is 2.07 bits per heavy atom. The molecule has 2 heterocycles. The zero-order valence-electron chi connectivity index (χ0n) is 15.0. The maximum absolute atomic E-state index is 14.3. The summed E-state index contributed by atoms with van der Waals surface area (Å²) in [5.74, 6) is 3.28. The molecule has 1 aromatic carbocycles. The van der Waals surface area contributed by atoms with E-state index in [0.717, 1.165) is 12.3 Å². The summed E-state index contributed by atoms with van der Waals surface area (Å²) in [5, 5.41) is 2.20. The van der Waals surface area contributed by atoms with Gasteiger partial charge in [-0.25, -0.2) is 4.39 Å². The first-order valence-electron chi connectivity index (χ1n) is 8.46. The molecular weight excluding hydrogens is 391 g/mol. The Morgan fingerprint density at radius 1 is 1.32 bits per heavy atom. The number of nitrogens with one attached hydrogen (secondary N) is 1. The van der Waals surface area contributed by atoms with Crippen LogP contribution >= 0.6 is 0 Å². The van der Waals surface area contributed by atoms with Crippen molar-refractivity contribution in [2.45, 2.75) is 31.8 Å². The number of halogens is 1. The second kappa shape index (κ2) is 7.69. The van der Waals surface area contributed by atoms with Gasteiger partial charge in [-0.3, -0.25) is 23.9 Å². The first kappa shape index (κ1) is 20.0. The number of hydrogen-bond acceptors (Lipinski definition) is 6. The van der Waals surface area contributed by atoms with Crippen molar-refractivity contribution in [3.05, 3.63) is 34.6 Å². The van der Waals surface area contributed by atoms with E-state index in [9.17, 15) is 27.2 Å². The molecule has 0 spiro atoms. The lowest BCUT2D eigenvalue weighted by Crippen LogP contribution is -2.52. The van der Waals surface area contributed by atoms with E-state index in [4.69, 9.17) is 0 Å². The minimum atomic E-state index is -3.58. The quantitative estimate of drug-likeness (QED) is 0.332. The molecule has 148 valence electrons. The molecule has 3 amide bonds. The van der Waals surface area contributed by atoms with Crippen molar-refractivity contribution in [2.75, 3.05) is 12.9 Å². The van der Waals surface area contributed by atoms with Crippen LogP contribution in [0.4, 0.5) is 4.39 Å². The zero-order valence-corrected chi connectivity index (χ0v) is 15.8. The van der Waals surface area contributed by atoms with Gasteiger partial charge in [0.1, 0.15) is 11.9 Å². The lowest BCUT2D eigenvalue weighted by atomic mass is 10.0. The molecule has 0 aromatic heterocycles. The van der Waals surface area contributed by atoms with Gasteiger partial charge in [0, 0.05) is 30.5 Å². The molecule has 3 rings (SSSR count). The van der Waals surface area contributed by atoms with Gasteiger partial charge in [0.15, 0.2) is 0 Å². The molecule has 2 aliphatic rings.